The third kappa shape index (κ3) is 3.86. The highest BCUT2D eigenvalue weighted by Crippen LogP contribution is 2.36. The molecule has 1 heterocycles. The molecule has 136 valence electrons. The summed E-state index contributed by atoms with van der Waals surface area (Å²) in [6.45, 7) is 4.85. The molecule has 0 amide bonds. The van der Waals surface area contributed by atoms with Crippen molar-refractivity contribution in [1.29, 1.82) is 0 Å². The molecule has 6 heteroatoms. The van der Waals surface area contributed by atoms with Gasteiger partial charge in [-0.05, 0) is 36.6 Å². The van der Waals surface area contributed by atoms with E-state index in [0.29, 0.717) is 18.3 Å². The molecule has 0 saturated heterocycles. The van der Waals surface area contributed by atoms with Crippen LogP contribution in [-0.4, -0.2) is 32.8 Å². The van der Waals surface area contributed by atoms with Gasteiger partial charge in [-0.1, -0.05) is 32.0 Å². The number of benzene rings is 2. The largest absolute Gasteiger partial charge is 0.507 e. The van der Waals surface area contributed by atoms with E-state index in [4.69, 9.17) is 5.73 Å². The highest BCUT2D eigenvalue weighted by Gasteiger charge is 2.16. The average molecular weight is 352 g/mol. The molecule has 5 N–H and O–H groups in total. The molecular weight excluding hydrogens is 328 g/mol. The van der Waals surface area contributed by atoms with E-state index in [2.05, 4.69) is 29.1 Å². The molecule has 0 fully saturated rings. The minimum Gasteiger partial charge on any atom is -0.507 e. The molecule has 0 radical (unpaired) electrons. The molecule has 0 aliphatic carbocycles. The fraction of sp³-hybridized carbons (Fsp3) is 0.300. The number of nitrogens with one attached hydrogen (secondary N) is 1. The van der Waals surface area contributed by atoms with Crippen LogP contribution in [0.2, 0.25) is 0 Å². The zero-order valence-corrected chi connectivity index (χ0v) is 15.0. The maximum Gasteiger partial charge on any atom is 0.169 e. The summed E-state index contributed by atoms with van der Waals surface area (Å²) in [5, 5.41) is 24.5. The first-order valence-corrected chi connectivity index (χ1v) is 8.73. The van der Waals surface area contributed by atoms with E-state index in [-0.39, 0.29) is 28.9 Å². The molecule has 0 aliphatic rings. The van der Waals surface area contributed by atoms with Gasteiger partial charge in [-0.15, -0.1) is 0 Å². The summed E-state index contributed by atoms with van der Waals surface area (Å²) in [6.07, 6.45) is 0.906. The molecule has 6 nitrogen and oxygen atoms in total. The first kappa shape index (κ1) is 17.9. The Hall–Kier alpha value is -2.86. The number of phenols is 2. The van der Waals surface area contributed by atoms with E-state index in [1.165, 1.54) is 12.1 Å². The van der Waals surface area contributed by atoms with E-state index < -0.39 is 0 Å². The normalized spacial score (nSPS) is 12.5. The molecule has 0 aliphatic heterocycles. The lowest BCUT2D eigenvalue weighted by Gasteiger charge is -2.17. The van der Waals surface area contributed by atoms with Gasteiger partial charge in [-0.2, -0.15) is 0 Å². The van der Waals surface area contributed by atoms with Crippen LogP contribution in [-0.2, 0) is 0 Å². The first-order chi connectivity index (χ1) is 12.5. The lowest BCUT2D eigenvalue weighted by Crippen LogP contribution is -2.30. The number of para-hydroxylation sites is 1. The van der Waals surface area contributed by atoms with Crippen molar-refractivity contribution in [1.82, 2.24) is 9.97 Å². The van der Waals surface area contributed by atoms with Crippen LogP contribution < -0.4 is 11.1 Å². The third-order valence-electron chi connectivity index (χ3n) is 4.15. The third-order valence-corrected chi connectivity index (χ3v) is 4.15. The second-order valence-electron chi connectivity index (χ2n) is 6.85. The average Bonchev–Trinajstić information content (AvgIpc) is 2.59. The van der Waals surface area contributed by atoms with Crippen LogP contribution in [0, 0.1) is 5.92 Å². The zero-order chi connectivity index (χ0) is 18.7. The minimum atomic E-state index is -0.0669. The second kappa shape index (κ2) is 7.58. The molecule has 0 saturated carbocycles. The van der Waals surface area contributed by atoms with Crippen molar-refractivity contribution in [2.24, 2.45) is 11.7 Å². The maximum absolute atomic E-state index is 10.1. The van der Waals surface area contributed by atoms with Gasteiger partial charge in [0.05, 0.1) is 5.52 Å². The SMILES string of the molecule is CC(C)C[C@@H](N)CNc1nc(-c2c(O)cccc2O)nc2ccccc12. The Balaban J connectivity index is 2.02. The Morgan fingerprint density at radius 2 is 1.69 bits per heavy atom. The fourth-order valence-electron chi connectivity index (χ4n) is 3.00. The second-order valence-corrected chi connectivity index (χ2v) is 6.85. The van der Waals surface area contributed by atoms with Gasteiger partial charge in [-0.3, -0.25) is 0 Å². The summed E-state index contributed by atoms with van der Waals surface area (Å²) in [7, 11) is 0. The lowest BCUT2D eigenvalue weighted by molar-refractivity contribution is 0.453. The Labute approximate surface area is 152 Å². The van der Waals surface area contributed by atoms with E-state index >= 15 is 0 Å². The van der Waals surface area contributed by atoms with Crippen molar-refractivity contribution in [2.75, 3.05) is 11.9 Å². The molecule has 1 atom stereocenters. The summed E-state index contributed by atoms with van der Waals surface area (Å²) in [4.78, 5) is 9.05. The van der Waals surface area contributed by atoms with Crippen LogP contribution >= 0.6 is 0 Å². The number of phenolic OH excluding ortho intramolecular Hbond substituents is 2. The summed E-state index contributed by atoms with van der Waals surface area (Å²) in [6, 6.07) is 12.2. The quantitative estimate of drug-likeness (QED) is 0.541. The number of aromatic hydroxyl groups is 2. The molecule has 3 rings (SSSR count). The number of rotatable bonds is 6. The molecule has 0 spiro atoms. The first-order valence-electron chi connectivity index (χ1n) is 8.73. The number of nitrogens with zero attached hydrogens (tertiary/aromatic N) is 2. The molecule has 2 aromatic carbocycles. The smallest absolute Gasteiger partial charge is 0.169 e. The van der Waals surface area contributed by atoms with Gasteiger partial charge < -0.3 is 21.3 Å². The Bertz CT molecular complexity index is 891. The standard InChI is InChI=1S/C20H24N4O2/c1-12(2)10-13(21)11-22-19-14-6-3-4-7-15(14)23-20(24-19)18-16(25)8-5-9-17(18)26/h3-9,12-13,25-26H,10-11,21H2,1-2H3,(H,22,23,24)/t13-/m1/s1. The summed E-state index contributed by atoms with van der Waals surface area (Å²) >= 11 is 0. The lowest BCUT2D eigenvalue weighted by atomic mass is 10.0. The summed E-state index contributed by atoms with van der Waals surface area (Å²) in [5.74, 6) is 1.28. The number of hydrogen-bond donors (Lipinski definition) is 4. The van der Waals surface area contributed by atoms with E-state index in [1.807, 2.05) is 24.3 Å². The fourth-order valence-corrected chi connectivity index (χ4v) is 3.00. The minimum absolute atomic E-state index is 0.00529. The van der Waals surface area contributed by atoms with E-state index in [1.54, 1.807) is 6.07 Å². The van der Waals surface area contributed by atoms with Crippen molar-refractivity contribution >= 4 is 16.7 Å². The van der Waals surface area contributed by atoms with Gasteiger partial charge in [0, 0.05) is 18.0 Å². The van der Waals surface area contributed by atoms with E-state index in [0.717, 1.165) is 17.3 Å². The number of hydrogen-bond acceptors (Lipinski definition) is 6. The molecule has 0 bridgehead atoms. The summed E-state index contributed by atoms with van der Waals surface area (Å²) in [5.41, 5.74) is 7.12. The van der Waals surface area contributed by atoms with Crippen LogP contribution in [0.25, 0.3) is 22.3 Å². The number of fused-ring (bicyclic) bond motifs is 1. The molecule has 1 aromatic heterocycles. The molecular formula is C20H24N4O2. The van der Waals surface area contributed by atoms with Crippen molar-refractivity contribution in [3.63, 3.8) is 0 Å². The predicted molar refractivity (Wildman–Crippen MR) is 104 cm³/mol. The van der Waals surface area contributed by atoms with Crippen LogP contribution in [0.3, 0.4) is 0 Å². The maximum atomic E-state index is 10.1. The highest BCUT2D eigenvalue weighted by atomic mass is 16.3. The van der Waals surface area contributed by atoms with Crippen LogP contribution in [0.1, 0.15) is 20.3 Å². The highest BCUT2D eigenvalue weighted by molar-refractivity contribution is 5.91. The zero-order valence-electron chi connectivity index (χ0n) is 15.0. The monoisotopic (exact) mass is 352 g/mol. The van der Waals surface area contributed by atoms with Gasteiger partial charge >= 0.3 is 0 Å². The number of aromatic nitrogens is 2. The Kier molecular flexibility index (Phi) is 5.23. The van der Waals surface area contributed by atoms with Gasteiger partial charge in [0.25, 0.3) is 0 Å². The number of anilines is 1. The number of nitrogens with two attached hydrogens (primary N) is 1. The Morgan fingerprint density at radius 3 is 2.38 bits per heavy atom. The van der Waals surface area contributed by atoms with Gasteiger partial charge in [-0.25, -0.2) is 9.97 Å². The Morgan fingerprint density at radius 1 is 1.00 bits per heavy atom. The van der Waals surface area contributed by atoms with Crippen molar-refractivity contribution < 1.29 is 10.2 Å². The summed E-state index contributed by atoms with van der Waals surface area (Å²) < 4.78 is 0. The predicted octanol–water partition coefficient (Wildman–Crippen LogP) is 3.49. The van der Waals surface area contributed by atoms with Crippen LogP contribution in [0.4, 0.5) is 5.82 Å². The van der Waals surface area contributed by atoms with Crippen molar-refractivity contribution in [3.8, 4) is 22.9 Å². The molecule has 26 heavy (non-hydrogen) atoms. The van der Waals surface area contributed by atoms with E-state index in [9.17, 15) is 10.2 Å². The topological polar surface area (TPSA) is 104 Å². The molecule has 0 unspecified atom stereocenters. The van der Waals surface area contributed by atoms with Gasteiger partial charge in [0.1, 0.15) is 22.9 Å². The van der Waals surface area contributed by atoms with Crippen molar-refractivity contribution in [2.45, 2.75) is 26.3 Å². The van der Waals surface area contributed by atoms with Crippen LogP contribution in [0.5, 0.6) is 11.5 Å². The van der Waals surface area contributed by atoms with Gasteiger partial charge in [0.15, 0.2) is 5.82 Å². The van der Waals surface area contributed by atoms with Crippen molar-refractivity contribution in [3.05, 3.63) is 42.5 Å². The van der Waals surface area contributed by atoms with Crippen LogP contribution in [0.15, 0.2) is 42.5 Å². The van der Waals surface area contributed by atoms with Gasteiger partial charge in [0.2, 0.25) is 0 Å². The molecule has 3 aromatic rings.